The molecule has 0 aliphatic rings. The minimum Gasteiger partial charge on any atom is -0.465 e. The Morgan fingerprint density at radius 3 is 2.76 bits per heavy atom. The molecular weight excluding hydrogens is 262 g/mol. The monoisotopic (exact) mass is 277 g/mol. The zero-order valence-corrected chi connectivity index (χ0v) is 11.7. The Morgan fingerprint density at radius 2 is 2.00 bits per heavy atom. The molecule has 0 bridgehead atoms. The van der Waals surface area contributed by atoms with Crippen molar-refractivity contribution in [1.29, 1.82) is 0 Å². The van der Waals surface area contributed by atoms with Gasteiger partial charge >= 0.3 is 5.97 Å². The number of benzene rings is 2. The SMILES string of the molecule is C=Cc1ccccc1-c1cc2ccc(C(=O)OC)cc2[nH]1. The summed E-state index contributed by atoms with van der Waals surface area (Å²) in [7, 11) is 1.38. The number of nitrogens with one attached hydrogen (secondary N) is 1. The number of aromatic nitrogens is 1. The molecule has 21 heavy (non-hydrogen) atoms. The van der Waals surface area contributed by atoms with Crippen LogP contribution in [-0.2, 0) is 4.74 Å². The number of rotatable bonds is 3. The summed E-state index contributed by atoms with van der Waals surface area (Å²) in [6.07, 6.45) is 1.83. The third-order valence-electron chi connectivity index (χ3n) is 3.51. The van der Waals surface area contributed by atoms with Gasteiger partial charge in [0.25, 0.3) is 0 Å². The first-order chi connectivity index (χ1) is 10.2. The lowest BCUT2D eigenvalue weighted by molar-refractivity contribution is 0.0601. The Balaban J connectivity index is 2.13. The summed E-state index contributed by atoms with van der Waals surface area (Å²) in [5.74, 6) is -0.334. The fraction of sp³-hybridized carbons (Fsp3) is 0.0556. The van der Waals surface area contributed by atoms with Gasteiger partial charge in [-0.1, -0.05) is 43.0 Å². The van der Waals surface area contributed by atoms with Gasteiger partial charge in [0.05, 0.1) is 12.7 Å². The molecule has 3 nitrogen and oxygen atoms in total. The molecular formula is C18H15NO2. The van der Waals surface area contributed by atoms with Crippen molar-refractivity contribution in [3.8, 4) is 11.3 Å². The van der Waals surface area contributed by atoms with E-state index in [1.165, 1.54) is 7.11 Å². The molecule has 3 rings (SSSR count). The molecule has 0 aliphatic carbocycles. The molecule has 0 radical (unpaired) electrons. The average Bonchev–Trinajstić information content (AvgIpc) is 2.96. The number of esters is 1. The van der Waals surface area contributed by atoms with E-state index in [9.17, 15) is 4.79 Å². The van der Waals surface area contributed by atoms with Gasteiger partial charge in [0.15, 0.2) is 0 Å². The van der Waals surface area contributed by atoms with E-state index in [0.717, 1.165) is 27.7 Å². The summed E-state index contributed by atoms with van der Waals surface area (Å²) in [4.78, 5) is 14.9. The second kappa shape index (κ2) is 5.29. The van der Waals surface area contributed by atoms with Crippen LogP contribution in [0.4, 0.5) is 0 Å². The maximum absolute atomic E-state index is 11.6. The highest BCUT2D eigenvalue weighted by molar-refractivity contribution is 5.96. The van der Waals surface area contributed by atoms with Gasteiger partial charge in [-0.3, -0.25) is 0 Å². The number of H-pyrrole nitrogens is 1. The van der Waals surface area contributed by atoms with Crippen LogP contribution in [0.25, 0.3) is 28.2 Å². The lowest BCUT2D eigenvalue weighted by Gasteiger charge is -2.02. The van der Waals surface area contributed by atoms with Crippen LogP contribution >= 0.6 is 0 Å². The molecule has 0 saturated heterocycles. The Morgan fingerprint density at radius 1 is 1.19 bits per heavy atom. The van der Waals surface area contributed by atoms with Crippen LogP contribution in [0.15, 0.2) is 55.1 Å². The van der Waals surface area contributed by atoms with Crippen molar-refractivity contribution < 1.29 is 9.53 Å². The highest BCUT2D eigenvalue weighted by Gasteiger charge is 2.10. The first-order valence-electron chi connectivity index (χ1n) is 6.66. The van der Waals surface area contributed by atoms with Crippen LogP contribution in [0.3, 0.4) is 0 Å². The zero-order chi connectivity index (χ0) is 14.8. The normalized spacial score (nSPS) is 10.5. The van der Waals surface area contributed by atoms with Crippen molar-refractivity contribution in [2.24, 2.45) is 0 Å². The van der Waals surface area contributed by atoms with Gasteiger partial charge in [-0.05, 0) is 23.8 Å². The van der Waals surface area contributed by atoms with Crippen molar-refractivity contribution in [2.75, 3.05) is 7.11 Å². The summed E-state index contributed by atoms with van der Waals surface area (Å²) in [5.41, 5.74) is 4.60. The summed E-state index contributed by atoms with van der Waals surface area (Å²) in [6.45, 7) is 3.84. The number of carbonyl (C=O) groups is 1. The molecule has 1 aromatic heterocycles. The fourth-order valence-corrected chi connectivity index (χ4v) is 2.44. The second-order valence-electron chi connectivity index (χ2n) is 4.77. The number of carbonyl (C=O) groups excluding carboxylic acids is 1. The average molecular weight is 277 g/mol. The van der Waals surface area contributed by atoms with Gasteiger partial charge in [0.1, 0.15) is 0 Å². The minimum absolute atomic E-state index is 0.334. The molecule has 0 unspecified atom stereocenters. The van der Waals surface area contributed by atoms with E-state index in [4.69, 9.17) is 4.74 Å². The molecule has 0 fully saturated rings. The van der Waals surface area contributed by atoms with Crippen molar-refractivity contribution in [3.63, 3.8) is 0 Å². The number of aromatic amines is 1. The molecule has 1 N–H and O–H groups in total. The molecule has 0 saturated carbocycles. The molecule has 0 spiro atoms. The van der Waals surface area contributed by atoms with Crippen LogP contribution in [-0.4, -0.2) is 18.1 Å². The number of hydrogen-bond donors (Lipinski definition) is 1. The largest absolute Gasteiger partial charge is 0.465 e. The van der Waals surface area contributed by atoms with Gasteiger partial charge in [0.2, 0.25) is 0 Å². The lowest BCUT2D eigenvalue weighted by atomic mass is 10.0. The summed E-state index contributed by atoms with van der Waals surface area (Å²) >= 11 is 0. The molecule has 0 aliphatic heterocycles. The number of methoxy groups -OCH3 is 1. The summed E-state index contributed by atoms with van der Waals surface area (Å²) in [6, 6.07) is 15.6. The van der Waals surface area contributed by atoms with E-state index in [1.54, 1.807) is 12.1 Å². The standard InChI is InChI=1S/C18H15NO2/c1-3-12-6-4-5-7-15(12)17-10-13-8-9-14(18(20)21-2)11-16(13)19-17/h3-11,19H,1H2,2H3. The Kier molecular flexibility index (Phi) is 3.32. The van der Waals surface area contributed by atoms with E-state index in [-0.39, 0.29) is 5.97 Å². The number of ether oxygens (including phenoxy) is 1. The Labute approximate surface area is 122 Å². The maximum Gasteiger partial charge on any atom is 0.337 e. The highest BCUT2D eigenvalue weighted by Crippen LogP contribution is 2.28. The predicted molar refractivity (Wildman–Crippen MR) is 85.2 cm³/mol. The maximum atomic E-state index is 11.6. The van der Waals surface area contributed by atoms with E-state index in [0.29, 0.717) is 5.56 Å². The van der Waals surface area contributed by atoms with Crippen LogP contribution in [0, 0.1) is 0 Å². The molecule has 3 aromatic rings. The topological polar surface area (TPSA) is 42.1 Å². The molecule has 104 valence electrons. The Hall–Kier alpha value is -2.81. The van der Waals surface area contributed by atoms with Crippen LogP contribution in [0.5, 0.6) is 0 Å². The van der Waals surface area contributed by atoms with Crippen LogP contribution in [0.1, 0.15) is 15.9 Å². The zero-order valence-electron chi connectivity index (χ0n) is 11.7. The molecule has 1 heterocycles. The molecule has 2 aromatic carbocycles. The highest BCUT2D eigenvalue weighted by atomic mass is 16.5. The summed E-state index contributed by atoms with van der Waals surface area (Å²) in [5, 5.41) is 1.05. The van der Waals surface area contributed by atoms with Gasteiger partial charge in [-0.15, -0.1) is 0 Å². The number of hydrogen-bond acceptors (Lipinski definition) is 2. The van der Waals surface area contributed by atoms with E-state index in [1.807, 2.05) is 36.4 Å². The third kappa shape index (κ3) is 2.34. The second-order valence-corrected chi connectivity index (χ2v) is 4.77. The summed E-state index contributed by atoms with van der Waals surface area (Å²) < 4.78 is 4.75. The van der Waals surface area contributed by atoms with Crippen molar-refractivity contribution in [1.82, 2.24) is 4.98 Å². The predicted octanol–water partition coefficient (Wildman–Crippen LogP) is 4.26. The smallest absolute Gasteiger partial charge is 0.337 e. The number of fused-ring (bicyclic) bond motifs is 1. The Bertz CT molecular complexity index is 830. The van der Waals surface area contributed by atoms with E-state index in [2.05, 4.69) is 17.6 Å². The molecule has 0 amide bonds. The van der Waals surface area contributed by atoms with Crippen LogP contribution < -0.4 is 0 Å². The fourth-order valence-electron chi connectivity index (χ4n) is 2.44. The third-order valence-corrected chi connectivity index (χ3v) is 3.51. The molecule has 3 heteroatoms. The van der Waals surface area contributed by atoms with Crippen LogP contribution in [0.2, 0.25) is 0 Å². The lowest BCUT2D eigenvalue weighted by Crippen LogP contribution is -2.00. The molecule has 0 atom stereocenters. The van der Waals surface area contributed by atoms with Gasteiger partial charge in [-0.25, -0.2) is 4.79 Å². The van der Waals surface area contributed by atoms with Crippen molar-refractivity contribution in [2.45, 2.75) is 0 Å². The van der Waals surface area contributed by atoms with Crippen molar-refractivity contribution in [3.05, 3.63) is 66.2 Å². The van der Waals surface area contributed by atoms with Crippen molar-refractivity contribution >= 4 is 22.9 Å². The van der Waals surface area contributed by atoms with E-state index < -0.39 is 0 Å². The quantitative estimate of drug-likeness (QED) is 0.727. The minimum atomic E-state index is -0.334. The van der Waals surface area contributed by atoms with E-state index >= 15 is 0 Å². The van der Waals surface area contributed by atoms with Gasteiger partial charge in [0, 0.05) is 22.2 Å². The van der Waals surface area contributed by atoms with Gasteiger partial charge in [-0.2, -0.15) is 0 Å². The first kappa shape index (κ1) is 13.2. The first-order valence-corrected chi connectivity index (χ1v) is 6.66. The van der Waals surface area contributed by atoms with Gasteiger partial charge < -0.3 is 9.72 Å².